The van der Waals surface area contributed by atoms with Crippen molar-refractivity contribution < 1.29 is 9.90 Å². The summed E-state index contributed by atoms with van der Waals surface area (Å²) in [5, 5.41) is 12.7. The van der Waals surface area contributed by atoms with Crippen molar-refractivity contribution in [3.8, 4) is 0 Å². The van der Waals surface area contributed by atoms with E-state index in [0.29, 0.717) is 19.4 Å². The van der Waals surface area contributed by atoms with Crippen LogP contribution < -0.4 is 5.32 Å². The van der Waals surface area contributed by atoms with Gasteiger partial charge in [0.1, 0.15) is 0 Å². The third kappa shape index (κ3) is 6.33. The quantitative estimate of drug-likeness (QED) is 0.737. The molecule has 0 heterocycles. The Morgan fingerprint density at radius 2 is 1.68 bits per heavy atom. The summed E-state index contributed by atoms with van der Waals surface area (Å²) in [5.74, 6) is 0.723. The molecule has 0 saturated heterocycles. The highest BCUT2D eigenvalue weighted by molar-refractivity contribution is 7.99. The molecule has 2 N–H and O–H groups in total. The van der Waals surface area contributed by atoms with Crippen molar-refractivity contribution in [3.63, 3.8) is 0 Å². The third-order valence-corrected chi connectivity index (χ3v) is 4.20. The molecule has 0 aliphatic heterocycles. The molecule has 1 amide bonds. The minimum atomic E-state index is -0.548. The van der Waals surface area contributed by atoms with Crippen LogP contribution in [0.4, 0.5) is 0 Å². The molecule has 0 fully saturated rings. The highest BCUT2D eigenvalue weighted by atomic mass is 32.2. The number of thioether (sulfide) groups is 1. The van der Waals surface area contributed by atoms with Crippen LogP contribution in [0.5, 0.6) is 0 Å². The number of aliphatic hydroxyl groups is 1. The summed E-state index contributed by atoms with van der Waals surface area (Å²) in [6, 6.07) is 19.8. The van der Waals surface area contributed by atoms with Crippen molar-refractivity contribution in [2.45, 2.75) is 23.8 Å². The van der Waals surface area contributed by atoms with Crippen LogP contribution in [0, 0.1) is 0 Å². The van der Waals surface area contributed by atoms with Crippen molar-refractivity contribution in [2.24, 2.45) is 0 Å². The molecule has 0 radical (unpaired) electrons. The SMILES string of the molecule is O=C(CCSc1ccccc1)NCC(O)Cc1ccccc1. The predicted molar refractivity (Wildman–Crippen MR) is 90.9 cm³/mol. The average molecular weight is 315 g/mol. The molecule has 0 aliphatic rings. The maximum atomic E-state index is 11.8. The van der Waals surface area contributed by atoms with Gasteiger partial charge in [0.2, 0.25) is 5.91 Å². The number of carbonyl (C=O) groups is 1. The molecule has 2 aromatic carbocycles. The maximum Gasteiger partial charge on any atom is 0.220 e. The van der Waals surface area contributed by atoms with E-state index in [1.54, 1.807) is 11.8 Å². The number of hydrogen-bond donors (Lipinski definition) is 2. The van der Waals surface area contributed by atoms with E-state index in [9.17, 15) is 9.90 Å². The number of rotatable bonds is 8. The summed E-state index contributed by atoms with van der Waals surface area (Å²) in [5.41, 5.74) is 1.07. The number of aliphatic hydroxyl groups excluding tert-OH is 1. The van der Waals surface area contributed by atoms with Crippen LogP contribution >= 0.6 is 11.8 Å². The molecule has 0 spiro atoms. The molecule has 2 rings (SSSR count). The van der Waals surface area contributed by atoms with Crippen LogP contribution in [0.3, 0.4) is 0 Å². The van der Waals surface area contributed by atoms with E-state index < -0.39 is 6.10 Å². The summed E-state index contributed by atoms with van der Waals surface area (Å²) in [7, 11) is 0. The van der Waals surface area contributed by atoms with Crippen LogP contribution in [0.25, 0.3) is 0 Å². The van der Waals surface area contributed by atoms with Gasteiger partial charge in [-0.05, 0) is 17.7 Å². The first-order chi connectivity index (χ1) is 10.7. The van der Waals surface area contributed by atoms with Gasteiger partial charge in [-0.3, -0.25) is 4.79 Å². The van der Waals surface area contributed by atoms with Gasteiger partial charge in [-0.1, -0.05) is 48.5 Å². The normalized spacial score (nSPS) is 11.9. The van der Waals surface area contributed by atoms with Crippen molar-refractivity contribution in [3.05, 3.63) is 66.2 Å². The Bertz CT molecular complexity index is 560. The lowest BCUT2D eigenvalue weighted by Crippen LogP contribution is -2.33. The number of nitrogens with one attached hydrogen (secondary N) is 1. The summed E-state index contributed by atoms with van der Waals surface area (Å²) < 4.78 is 0. The average Bonchev–Trinajstić information content (AvgIpc) is 2.55. The zero-order valence-corrected chi connectivity index (χ0v) is 13.3. The van der Waals surface area contributed by atoms with E-state index in [1.807, 2.05) is 60.7 Å². The molecule has 22 heavy (non-hydrogen) atoms. The fourth-order valence-corrected chi connectivity index (χ4v) is 2.93. The van der Waals surface area contributed by atoms with E-state index in [-0.39, 0.29) is 5.91 Å². The molecular weight excluding hydrogens is 294 g/mol. The lowest BCUT2D eigenvalue weighted by molar-refractivity contribution is -0.121. The van der Waals surface area contributed by atoms with Crippen LogP contribution in [-0.4, -0.2) is 29.4 Å². The smallest absolute Gasteiger partial charge is 0.220 e. The summed E-state index contributed by atoms with van der Waals surface area (Å²) in [6.07, 6.45) is 0.463. The van der Waals surface area contributed by atoms with Gasteiger partial charge in [0.15, 0.2) is 0 Å². The maximum absolute atomic E-state index is 11.8. The van der Waals surface area contributed by atoms with Crippen LogP contribution in [-0.2, 0) is 11.2 Å². The highest BCUT2D eigenvalue weighted by Gasteiger charge is 2.08. The second kappa shape index (κ2) is 9.28. The first-order valence-corrected chi connectivity index (χ1v) is 8.39. The van der Waals surface area contributed by atoms with Crippen molar-refractivity contribution in [1.29, 1.82) is 0 Å². The van der Waals surface area contributed by atoms with Crippen LogP contribution in [0.1, 0.15) is 12.0 Å². The van der Waals surface area contributed by atoms with Gasteiger partial charge < -0.3 is 10.4 Å². The topological polar surface area (TPSA) is 49.3 Å². The van der Waals surface area contributed by atoms with E-state index in [0.717, 1.165) is 11.3 Å². The Labute approximate surface area is 135 Å². The molecule has 1 unspecified atom stereocenters. The van der Waals surface area contributed by atoms with Crippen LogP contribution in [0.2, 0.25) is 0 Å². The molecule has 0 aromatic heterocycles. The van der Waals surface area contributed by atoms with Crippen molar-refractivity contribution >= 4 is 17.7 Å². The zero-order chi connectivity index (χ0) is 15.6. The minimum Gasteiger partial charge on any atom is -0.391 e. The molecular formula is C18H21NO2S. The first kappa shape index (κ1) is 16.6. The van der Waals surface area contributed by atoms with Gasteiger partial charge in [0, 0.05) is 30.0 Å². The zero-order valence-electron chi connectivity index (χ0n) is 12.4. The summed E-state index contributed by atoms with van der Waals surface area (Å²) in [4.78, 5) is 12.9. The van der Waals surface area contributed by atoms with Gasteiger partial charge in [0.25, 0.3) is 0 Å². The first-order valence-electron chi connectivity index (χ1n) is 7.40. The Kier molecular flexibility index (Phi) is 7.00. The Morgan fingerprint density at radius 1 is 1.05 bits per heavy atom. The molecule has 0 saturated carbocycles. The van der Waals surface area contributed by atoms with Crippen LogP contribution in [0.15, 0.2) is 65.6 Å². The number of carbonyl (C=O) groups excluding carboxylic acids is 1. The summed E-state index contributed by atoms with van der Waals surface area (Å²) in [6.45, 7) is 0.295. The van der Waals surface area contributed by atoms with Crippen molar-refractivity contribution in [1.82, 2.24) is 5.32 Å². The molecule has 0 bridgehead atoms. The monoisotopic (exact) mass is 315 g/mol. The molecule has 3 nitrogen and oxygen atoms in total. The van der Waals surface area contributed by atoms with E-state index in [4.69, 9.17) is 0 Å². The number of amides is 1. The Morgan fingerprint density at radius 3 is 2.36 bits per heavy atom. The molecule has 116 valence electrons. The van der Waals surface area contributed by atoms with Gasteiger partial charge in [-0.25, -0.2) is 0 Å². The summed E-state index contributed by atoms with van der Waals surface area (Å²) >= 11 is 1.66. The lowest BCUT2D eigenvalue weighted by atomic mass is 10.1. The molecule has 4 heteroatoms. The Hall–Kier alpha value is -1.78. The number of benzene rings is 2. The number of hydrogen-bond acceptors (Lipinski definition) is 3. The predicted octanol–water partition coefficient (Wildman–Crippen LogP) is 2.89. The van der Waals surface area contributed by atoms with Gasteiger partial charge >= 0.3 is 0 Å². The van der Waals surface area contributed by atoms with E-state index in [1.165, 1.54) is 4.90 Å². The van der Waals surface area contributed by atoms with Gasteiger partial charge in [-0.15, -0.1) is 11.8 Å². The molecule has 1 atom stereocenters. The second-order valence-electron chi connectivity index (χ2n) is 5.06. The second-order valence-corrected chi connectivity index (χ2v) is 6.23. The largest absolute Gasteiger partial charge is 0.391 e. The fraction of sp³-hybridized carbons (Fsp3) is 0.278. The highest BCUT2D eigenvalue weighted by Crippen LogP contribution is 2.17. The van der Waals surface area contributed by atoms with Gasteiger partial charge in [-0.2, -0.15) is 0 Å². The van der Waals surface area contributed by atoms with Gasteiger partial charge in [0.05, 0.1) is 6.10 Å². The van der Waals surface area contributed by atoms with Crippen molar-refractivity contribution in [2.75, 3.05) is 12.3 Å². The van der Waals surface area contributed by atoms with E-state index in [2.05, 4.69) is 5.32 Å². The standard InChI is InChI=1S/C18H21NO2S/c20-16(13-15-7-3-1-4-8-15)14-19-18(21)11-12-22-17-9-5-2-6-10-17/h1-10,16,20H,11-14H2,(H,19,21). The third-order valence-electron chi connectivity index (χ3n) is 3.19. The van der Waals surface area contributed by atoms with E-state index >= 15 is 0 Å². The molecule has 2 aromatic rings. The molecule has 0 aliphatic carbocycles. The Balaban J connectivity index is 1.61. The fourth-order valence-electron chi connectivity index (χ4n) is 2.06. The lowest BCUT2D eigenvalue weighted by Gasteiger charge is -2.12. The minimum absolute atomic E-state index is 0.0180.